The van der Waals surface area contributed by atoms with E-state index in [1.54, 1.807) is 24.3 Å². The normalized spacial score (nSPS) is 32.7. The first-order chi connectivity index (χ1) is 13.9. The number of hydrogen-bond donors (Lipinski definition) is 4. The van der Waals surface area contributed by atoms with Crippen molar-refractivity contribution in [1.29, 1.82) is 0 Å². The number of carbonyl (C=O) groups excluding carboxylic acids is 3. The van der Waals surface area contributed by atoms with E-state index in [1.807, 2.05) is 0 Å². The van der Waals surface area contributed by atoms with E-state index in [4.69, 9.17) is 11.6 Å². The van der Waals surface area contributed by atoms with Gasteiger partial charge in [0.15, 0.2) is 0 Å². The molecule has 156 valence electrons. The fourth-order valence-electron chi connectivity index (χ4n) is 4.50. The van der Waals surface area contributed by atoms with E-state index in [2.05, 4.69) is 33.1 Å². The number of benzene rings is 1. The van der Waals surface area contributed by atoms with Gasteiger partial charge in [0.05, 0.1) is 28.7 Å². The first-order valence-electron chi connectivity index (χ1n) is 10.1. The van der Waals surface area contributed by atoms with Crippen LogP contribution in [-0.4, -0.2) is 48.2 Å². The maximum absolute atomic E-state index is 13.0. The SMILES string of the molecule is CC1CCCN(C2NC(=O)C3C(NC(=O)CC3C(=O)Nc3ccccc3Cl)N2)C1. The molecular weight excluding hydrogens is 394 g/mol. The average molecular weight is 420 g/mol. The van der Waals surface area contributed by atoms with Crippen LogP contribution in [-0.2, 0) is 14.4 Å². The molecule has 3 amide bonds. The summed E-state index contributed by atoms with van der Waals surface area (Å²) in [5, 5.41) is 12.3. The highest BCUT2D eigenvalue weighted by Gasteiger charge is 2.49. The zero-order chi connectivity index (χ0) is 20.5. The highest BCUT2D eigenvalue weighted by Crippen LogP contribution is 2.30. The molecule has 3 fully saturated rings. The Hall–Kier alpha value is -2.16. The molecule has 4 N–H and O–H groups in total. The van der Waals surface area contributed by atoms with Gasteiger partial charge in [-0.1, -0.05) is 30.7 Å². The molecule has 5 unspecified atom stereocenters. The molecule has 29 heavy (non-hydrogen) atoms. The minimum absolute atomic E-state index is 0.0437. The molecule has 0 radical (unpaired) electrons. The van der Waals surface area contributed by atoms with Crippen molar-refractivity contribution in [2.24, 2.45) is 17.8 Å². The first-order valence-corrected chi connectivity index (χ1v) is 10.5. The number of nitrogens with zero attached hydrogens (tertiary/aromatic N) is 1. The van der Waals surface area contributed by atoms with Crippen LogP contribution in [0.1, 0.15) is 26.2 Å². The molecule has 0 aromatic heterocycles. The van der Waals surface area contributed by atoms with Gasteiger partial charge in [-0.15, -0.1) is 0 Å². The number of nitrogens with one attached hydrogen (secondary N) is 4. The van der Waals surface area contributed by atoms with E-state index < -0.39 is 18.0 Å². The molecule has 9 heteroatoms. The van der Waals surface area contributed by atoms with Crippen LogP contribution in [0.4, 0.5) is 5.69 Å². The van der Waals surface area contributed by atoms with E-state index in [1.165, 1.54) is 6.42 Å². The Morgan fingerprint density at radius 1 is 1.24 bits per heavy atom. The van der Waals surface area contributed by atoms with E-state index in [9.17, 15) is 14.4 Å². The quantitative estimate of drug-likeness (QED) is 0.587. The first kappa shape index (κ1) is 20.1. The number of anilines is 1. The second-order valence-electron chi connectivity index (χ2n) is 8.17. The van der Waals surface area contributed by atoms with Crippen LogP contribution in [0.15, 0.2) is 24.3 Å². The lowest BCUT2D eigenvalue weighted by Gasteiger charge is -2.47. The molecule has 4 rings (SSSR count). The average Bonchev–Trinajstić information content (AvgIpc) is 2.68. The van der Waals surface area contributed by atoms with E-state index >= 15 is 0 Å². The second-order valence-corrected chi connectivity index (χ2v) is 8.58. The van der Waals surface area contributed by atoms with Crippen molar-refractivity contribution >= 4 is 35.0 Å². The maximum atomic E-state index is 13.0. The van der Waals surface area contributed by atoms with Crippen LogP contribution in [0.2, 0.25) is 5.02 Å². The number of likely N-dealkylation sites (tertiary alicyclic amines) is 1. The monoisotopic (exact) mass is 419 g/mol. The van der Waals surface area contributed by atoms with E-state index in [0.717, 1.165) is 19.5 Å². The Kier molecular flexibility index (Phi) is 5.76. The van der Waals surface area contributed by atoms with Crippen molar-refractivity contribution in [3.8, 4) is 0 Å². The van der Waals surface area contributed by atoms with Crippen molar-refractivity contribution in [2.45, 2.75) is 38.6 Å². The highest BCUT2D eigenvalue weighted by atomic mass is 35.5. The smallest absolute Gasteiger partial charge is 0.229 e. The van der Waals surface area contributed by atoms with Gasteiger partial charge in [0.2, 0.25) is 17.7 Å². The van der Waals surface area contributed by atoms with Gasteiger partial charge in [0, 0.05) is 19.5 Å². The number of carbonyl (C=O) groups is 3. The van der Waals surface area contributed by atoms with Crippen LogP contribution in [0.3, 0.4) is 0 Å². The van der Waals surface area contributed by atoms with Crippen LogP contribution in [0.5, 0.6) is 0 Å². The summed E-state index contributed by atoms with van der Waals surface area (Å²) in [5.74, 6) is -1.78. The van der Waals surface area contributed by atoms with Crippen molar-refractivity contribution in [2.75, 3.05) is 18.4 Å². The summed E-state index contributed by atoms with van der Waals surface area (Å²) in [6, 6.07) is 6.89. The molecule has 3 saturated heterocycles. The molecular formula is C20H26ClN5O3. The number of amides is 3. The van der Waals surface area contributed by atoms with Crippen molar-refractivity contribution in [1.82, 2.24) is 20.9 Å². The molecule has 0 aliphatic carbocycles. The minimum atomic E-state index is -0.779. The number of para-hydroxylation sites is 1. The minimum Gasteiger partial charge on any atom is -0.340 e. The topological polar surface area (TPSA) is 103 Å². The third-order valence-corrected chi connectivity index (χ3v) is 6.29. The van der Waals surface area contributed by atoms with Crippen LogP contribution in [0.25, 0.3) is 0 Å². The third-order valence-electron chi connectivity index (χ3n) is 5.96. The van der Waals surface area contributed by atoms with Crippen LogP contribution < -0.4 is 21.3 Å². The number of hydrogen-bond acceptors (Lipinski definition) is 5. The van der Waals surface area contributed by atoms with Gasteiger partial charge in [-0.2, -0.15) is 0 Å². The molecule has 5 atom stereocenters. The summed E-state index contributed by atoms with van der Waals surface area (Å²) in [4.78, 5) is 40.4. The molecule has 0 spiro atoms. The Morgan fingerprint density at radius 2 is 2.03 bits per heavy atom. The lowest BCUT2D eigenvalue weighted by molar-refractivity contribution is -0.148. The van der Waals surface area contributed by atoms with Crippen molar-refractivity contribution in [3.05, 3.63) is 29.3 Å². The standard InChI is InChI=1S/C20H26ClN5O3/c1-11-5-4-8-26(10-11)20-24-17-16(19(29)25-20)12(9-15(27)23-17)18(28)22-14-7-3-2-6-13(14)21/h2-3,6-7,11-12,16-17,20,24H,4-5,8-10H2,1H3,(H,22,28)(H,23,27)(H,25,29). The summed E-state index contributed by atoms with van der Waals surface area (Å²) in [5.41, 5.74) is 0.464. The predicted octanol–water partition coefficient (Wildman–Crippen LogP) is 1.09. The Bertz CT molecular complexity index is 819. The highest BCUT2D eigenvalue weighted by molar-refractivity contribution is 6.33. The number of rotatable bonds is 3. The van der Waals surface area contributed by atoms with Gasteiger partial charge in [0.25, 0.3) is 0 Å². The van der Waals surface area contributed by atoms with Gasteiger partial charge in [-0.05, 0) is 30.9 Å². The molecule has 1 aromatic rings. The molecule has 3 heterocycles. The number of halogens is 1. The van der Waals surface area contributed by atoms with Crippen molar-refractivity contribution < 1.29 is 14.4 Å². The summed E-state index contributed by atoms with van der Waals surface area (Å²) in [6.45, 7) is 3.95. The fourth-order valence-corrected chi connectivity index (χ4v) is 4.69. The zero-order valence-electron chi connectivity index (χ0n) is 16.3. The van der Waals surface area contributed by atoms with Gasteiger partial charge in [0.1, 0.15) is 6.29 Å². The zero-order valence-corrected chi connectivity index (χ0v) is 17.0. The second kappa shape index (κ2) is 8.30. The molecule has 0 bridgehead atoms. The predicted molar refractivity (Wildman–Crippen MR) is 109 cm³/mol. The number of piperidine rings is 2. The number of fused-ring (bicyclic) bond motifs is 1. The lowest BCUT2D eigenvalue weighted by atomic mass is 9.81. The van der Waals surface area contributed by atoms with Crippen molar-refractivity contribution in [3.63, 3.8) is 0 Å². The lowest BCUT2D eigenvalue weighted by Crippen LogP contribution is -2.74. The summed E-state index contributed by atoms with van der Waals surface area (Å²) < 4.78 is 0. The van der Waals surface area contributed by atoms with Gasteiger partial charge < -0.3 is 16.0 Å². The molecule has 8 nitrogen and oxygen atoms in total. The molecule has 3 aliphatic heterocycles. The molecule has 1 aromatic carbocycles. The Labute approximate surface area is 174 Å². The van der Waals surface area contributed by atoms with Crippen LogP contribution in [0, 0.1) is 17.8 Å². The molecule has 3 aliphatic rings. The van der Waals surface area contributed by atoms with Gasteiger partial charge >= 0.3 is 0 Å². The Balaban J connectivity index is 1.50. The summed E-state index contributed by atoms with van der Waals surface area (Å²) >= 11 is 6.13. The van der Waals surface area contributed by atoms with Gasteiger partial charge in [-0.25, -0.2) is 0 Å². The van der Waals surface area contributed by atoms with Crippen LogP contribution >= 0.6 is 11.6 Å². The third kappa shape index (κ3) is 4.24. The molecule has 0 saturated carbocycles. The van der Waals surface area contributed by atoms with E-state index in [0.29, 0.717) is 16.6 Å². The Morgan fingerprint density at radius 3 is 2.79 bits per heavy atom. The summed E-state index contributed by atoms with van der Waals surface area (Å²) in [6.07, 6.45) is 1.26. The maximum Gasteiger partial charge on any atom is 0.229 e. The van der Waals surface area contributed by atoms with E-state index in [-0.39, 0.29) is 30.4 Å². The van der Waals surface area contributed by atoms with Gasteiger partial charge in [-0.3, -0.25) is 24.6 Å². The summed E-state index contributed by atoms with van der Waals surface area (Å²) in [7, 11) is 0. The largest absolute Gasteiger partial charge is 0.340 e. The fraction of sp³-hybridized carbons (Fsp3) is 0.550.